The van der Waals surface area contributed by atoms with Gasteiger partial charge in [0.1, 0.15) is 12.2 Å². The minimum absolute atomic E-state index is 0.0457. The molecular weight excluding hydrogens is 256 g/mol. The largest absolute Gasteiger partial charge is 0.462 e. The van der Waals surface area contributed by atoms with Crippen LogP contribution in [0.3, 0.4) is 0 Å². The summed E-state index contributed by atoms with van der Waals surface area (Å²) in [4.78, 5) is 24.5. The van der Waals surface area contributed by atoms with E-state index >= 15 is 0 Å². The Labute approximate surface area is 118 Å². The predicted molar refractivity (Wildman–Crippen MR) is 72.7 cm³/mol. The monoisotopic (exact) mass is 276 g/mol. The Hall–Kier alpha value is -1.58. The Morgan fingerprint density at radius 2 is 1.05 bits per heavy atom. The number of hydrogen-bond donors (Lipinski definition) is 0. The molecule has 6 rings (SSSR count). The molecule has 108 valence electrons. The lowest BCUT2D eigenvalue weighted by atomic mass is 9.75. The zero-order valence-corrected chi connectivity index (χ0v) is 11.6. The fraction of sp³-hybridized carbons (Fsp3) is 0.625. The van der Waals surface area contributed by atoms with Gasteiger partial charge in [0.05, 0.1) is 11.8 Å². The summed E-state index contributed by atoms with van der Waals surface area (Å²) in [5, 5.41) is 0. The van der Waals surface area contributed by atoms with E-state index in [1.807, 2.05) is 0 Å². The van der Waals surface area contributed by atoms with Crippen molar-refractivity contribution in [1.29, 1.82) is 0 Å². The highest BCUT2D eigenvalue weighted by Gasteiger charge is 2.40. The summed E-state index contributed by atoms with van der Waals surface area (Å²) in [5.41, 5.74) is 1.28. The van der Waals surface area contributed by atoms with Gasteiger partial charge in [-0.15, -0.1) is 0 Å². The van der Waals surface area contributed by atoms with Crippen molar-refractivity contribution < 1.29 is 19.1 Å². The first-order valence-electron chi connectivity index (χ1n) is 7.35. The lowest BCUT2D eigenvalue weighted by Gasteiger charge is -2.36. The third kappa shape index (κ3) is 2.28. The van der Waals surface area contributed by atoms with Crippen LogP contribution in [0.4, 0.5) is 0 Å². The van der Waals surface area contributed by atoms with E-state index in [-0.39, 0.29) is 36.0 Å². The molecule has 6 fully saturated rings. The molecule has 2 saturated carbocycles. The van der Waals surface area contributed by atoms with Crippen LogP contribution in [0, 0.1) is 11.8 Å². The SMILES string of the molecule is C=C1C(=C)C2CCC1C(=O)OC1CCC(CC1)OC2=O. The molecule has 4 heteroatoms. The summed E-state index contributed by atoms with van der Waals surface area (Å²) < 4.78 is 11.2. The van der Waals surface area contributed by atoms with Crippen molar-refractivity contribution in [3.63, 3.8) is 0 Å². The second-order valence-electron chi connectivity index (χ2n) is 6.01. The van der Waals surface area contributed by atoms with Gasteiger partial charge in [0.25, 0.3) is 0 Å². The van der Waals surface area contributed by atoms with Crippen LogP contribution in [0.2, 0.25) is 0 Å². The van der Waals surface area contributed by atoms with Gasteiger partial charge in [0.15, 0.2) is 0 Å². The molecule has 0 amide bonds. The van der Waals surface area contributed by atoms with E-state index in [1.54, 1.807) is 0 Å². The summed E-state index contributed by atoms with van der Waals surface area (Å²) in [6.45, 7) is 7.89. The molecule has 2 atom stereocenters. The van der Waals surface area contributed by atoms with Crippen molar-refractivity contribution in [2.24, 2.45) is 11.8 Å². The second-order valence-corrected chi connectivity index (χ2v) is 6.01. The van der Waals surface area contributed by atoms with E-state index in [4.69, 9.17) is 9.47 Å². The molecule has 4 aliphatic heterocycles. The van der Waals surface area contributed by atoms with Gasteiger partial charge in [-0.25, -0.2) is 0 Å². The molecule has 4 bridgehead atoms. The number of rotatable bonds is 0. The van der Waals surface area contributed by atoms with Crippen LogP contribution in [0.25, 0.3) is 0 Å². The lowest BCUT2D eigenvalue weighted by Crippen LogP contribution is -2.38. The fourth-order valence-corrected chi connectivity index (χ4v) is 3.41. The van der Waals surface area contributed by atoms with Crippen LogP contribution < -0.4 is 0 Å². The van der Waals surface area contributed by atoms with Gasteiger partial charge in [0, 0.05) is 0 Å². The average molecular weight is 276 g/mol. The first-order valence-corrected chi connectivity index (χ1v) is 7.35. The van der Waals surface area contributed by atoms with Gasteiger partial charge in [-0.3, -0.25) is 9.59 Å². The maximum absolute atomic E-state index is 12.3. The van der Waals surface area contributed by atoms with Crippen LogP contribution in [0.5, 0.6) is 0 Å². The highest BCUT2D eigenvalue weighted by atomic mass is 16.6. The summed E-state index contributed by atoms with van der Waals surface area (Å²) in [5.74, 6) is -1.09. The van der Waals surface area contributed by atoms with Gasteiger partial charge >= 0.3 is 11.9 Å². The zero-order valence-electron chi connectivity index (χ0n) is 11.6. The number of carbonyl (C=O) groups is 2. The lowest BCUT2D eigenvalue weighted by molar-refractivity contribution is -0.165. The van der Waals surface area contributed by atoms with E-state index in [9.17, 15) is 9.59 Å². The Balaban J connectivity index is 1.89. The molecular formula is C16H20O4. The quantitative estimate of drug-likeness (QED) is 0.638. The summed E-state index contributed by atoms with van der Waals surface area (Å²) in [6, 6.07) is 0. The van der Waals surface area contributed by atoms with Crippen molar-refractivity contribution in [3.05, 3.63) is 24.3 Å². The van der Waals surface area contributed by atoms with E-state index in [0.29, 0.717) is 24.0 Å². The van der Waals surface area contributed by atoms with Gasteiger partial charge < -0.3 is 9.47 Å². The Kier molecular flexibility index (Phi) is 3.40. The maximum atomic E-state index is 12.3. The zero-order chi connectivity index (χ0) is 14.3. The first kappa shape index (κ1) is 13.4. The molecule has 0 radical (unpaired) electrons. The van der Waals surface area contributed by atoms with Crippen LogP contribution in [-0.2, 0) is 19.1 Å². The Morgan fingerprint density at radius 1 is 0.700 bits per heavy atom. The molecule has 0 aromatic heterocycles. The van der Waals surface area contributed by atoms with Gasteiger partial charge in [0.2, 0.25) is 0 Å². The summed E-state index contributed by atoms with van der Waals surface area (Å²) in [6.07, 6.45) is 4.18. The highest BCUT2D eigenvalue weighted by Crippen LogP contribution is 2.39. The van der Waals surface area contributed by atoms with Crippen molar-refractivity contribution in [2.45, 2.75) is 50.7 Å². The average Bonchev–Trinajstić information content (AvgIpc) is 2.42. The van der Waals surface area contributed by atoms with Crippen molar-refractivity contribution >= 4 is 11.9 Å². The molecule has 4 heterocycles. The molecule has 6 aliphatic rings. The number of esters is 2. The molecule has 4 nitrogen and oxygen atoms in total. The Morgan fingerprint density at radius 3 is 1.40 bits per heavy atom. The molecule has 4 saturated heterocycles. The van der Waals surface area contributed by atoms with E-state index in [0.717, 1.165) is 25.7 Å². The van der Waals surface area contributed by atoms with Crippen LogP contribution in [0.1, 0.15) is 38.5 Å². The third-order valence-corrected chi connectivity index (χ3v) is 4.75. The van der Waals surface area contributed by atoms with E-state index in [2.05, 4.69) is 13.2 Å². The number of carbonyl (C=O) groups excluding carboxylic acids is 2. The van der Waals surface area contributed by atoms with Gasteiger partial charge in [-0.05, 0) is 49.7 Å². The van der Waals surface area contributed by atoms with Crippen LogP contribution in [0.15, 0.2) is 24.3 Å². The smallest absolute Gasteiger partial charge is 0.313 e. The molecule has 2 unspecified atom stereocenters. The molecule has 0 N–H and O–H groups in total. The third-order valence-electron chi connectivity index (χ3n) is 4.75. The highest BCUT2D eigenvalue weighted by molar-refractivity contribution is 5.83. The molecule has 0 aromatic carbocycles. The van der Waals surface area contributed by atoms with Crippen LogP contribution >= 0.6 is 0 Å². The van der Waals surface area contributed by atoms with Crippen LogP contribution in [-0.4, -0.2) is 24.1 Å². The topological polar surface area (TPSA) is 52.6 Å². The molecule has 0 spiro atoms. The minimum Gasteiger partial charge on any atom is -0.462 e. The van der Waals surface area contributed by atoms with E-state index in [1.165, 1.54) is 0 Å². The second kappa shape index (κ2) is 5.08. The standard InChI is InChI=1S/C16H20O4/c1-9-10(2)14-8-7-13(9)15(17)19-11-3-5-12(6-4-11)20-16(14)18/h11-14H,1-8H2. The van der Waals surface area contributed by atoms with Crippen molar-refractivity contribution in [2.75, 3.05) is 0 Å². The number of ether oxygens (including phenoxy) is 2. The normalized spacial score (nSPS) is 38.0. The Bertz CT molecular complexity index is 427. The molecule has 20 heavy (non-hydrogen) atoms. The molecule has 0 aromatic rings. The minimum atomic E-state index is -0.344. The summed E-state index contributed by atoms with van der Waals surface area (Å²) >= 11 is 0. The summed E-state index contributed by atoms with van der Waals surface area (Å²) in [7, 11) is 0. The fourth-order valence-electron chi connectivity index (χ4n) is 3.41. The maximum Gasteiger partial charge on any atom is 0.313 e. The first-order chi connectivity index (χ1) is 9.56. The van der Waals surface area contributed by atoms with Crippen molar-refractivity contribution in [3.8, 4) is 0 Å². The van der Waals surface area contributed by atoms with Crippen molar-refractivity contribution in [1.82, 2.24) is 0 Å². The van der Waals surface area contributed by atoms with E-state index < -0.39 is 0 Å². The molecule has 2 aliphatic carbocycles. The van der Waals surface area contributed by atoms with Gasteiger partial charge in [-0.2, -0.15) is 0 Å². The predicted octanol–water partition coefficient (Wildman–Crippen LogP) is 2.54. The van der Waals surface area contributed by atoms with Gasteiger partial charge in [-0.1, -0.05) is 13.2 Å². The number of hydrogen-bond acceptors (Lipinski definition) is 4.